The number of hydrogen-bond donors (Lipinski definition) is 1. The third-order valence-electron chi connectivity index (χ3n) is 4.10. The molecule has 0 spiro atoms. The minimum Gasteiger partial charge on any atom is -0.320 e. The summed E-state index contributed by atoms with van der Waals surface area (Å²) in [6.45, 7) is 4.55. The predicted octanol–water partition coefficient (Wildman–Crippen LogP) is 0.779. The summed E-state index contributed by atoms with van der Waals surface area (Å²) in [5.41, 5.74) is 0. The molecular weight excluding hydrogens is 226 g/mol. The van der Waals surface area contributed by atoms with Gasteiger partial charge in [-0.05, 0) is 44.7 Å². The van der Waals surface area contributed by atoms with E-state index in [1.165, 1.54) is 45.3 Å². The lowest BCUT2D eigenvalue weighted by Gasteiger charge is -2.29. The van der Waals surface area contributed by atoms with Crippen LogP contribution < -0.4 is 5.32 Å². The molecule has 1 aromatic heterocycles. The Hall–Kier alpha value is -0.940. The lowest BCUT2D eigenvalue weighted by molar-refractivity contribution is 0.187. The van der Waals surface area contributed by atoms with Crippen molar-refractivity contribution < 1.29 is 0 Å². The van der Waals surface area contributed by atoms with E-state index in [1.54, 1.807) is 6.33 Å². The van der Waals surface area contributed by atoms with Crippen molar-refractivity contribution in [1.82, 2.24) is 25.0 Å². The van der Waals surface area contributed by atoms with Crippen molar-refractivity contribution in [3.63, 3.8) is 0 Å². The summed E-state index contributed by atoms with van der Waals surface area (Å²) in [4.78, 5) is 2.61. The number of aromatic nitrogens is 3. The van der Waals surface area contributed by atoms with Gasteiger partial charge in [-0.25, -0.2) is 0 Å². The molecule has 0 aromatic carbocycles. The zero-order valence-corrected chi connectivity index (χ0v) is 11.2. The number of nitrogens with zero attached hydrogens (tertiary/aromatic N) is 4. The highest BCUT2D eigenvalue weighted by Gasteiger charge is 2.31. The van der Waals surface area contributed by atoms with Gasteiger partial charge in [0, 0.05) is 19.6 Å². The highest BCUT2D eigenvalue weighted by molar-refractivity contribution is 4.92. The first-order valence-corrected chi connectivity index (χ1v) is 7.10. The van der Waals surface area contributed by atoms with Crippen molar-refractivity contribution >= 4 is 0 Å². The van der Waals surface area contributed by atoms with Gasteiger partial charge in [0.05, 0.1) is 6.54 Å². The summed E-state index contributed by atoms with van der Waals surface area (Å²) in [6, 6.07) is 0.795. The maximum absolute atomic E-state index is 4.21. The summed E-state index contributed by atoms with van der Waals surface area (Å²) in [6.07, 6.45) is 7.21. The van der Waals surface area contributed by atoms with Crippen LogP contribution in [-0.4, -0.2) is 45.3 Å². The summed E-state index contributed by atoms with van der Waals surface area (Å²) in [5.74, 6) is 1.90. The SMILES string of the molecule is Cn1cnnc1CN(CC1CCCNC1)C1CC1. The van der Waals surface area contributed by atoms with Crippen molar-refractivity contribution in [2.24, 2.45) is 13.0 Å². The zero-order chi connectivity index (χ0) is 12.4. The van der Waals surface area contributed by atoms with Gasteiger partial charge < -0.3 is 9.88 Å². The standard InChI is InChI=1S/C13H23N5/c1-17-10-15-16-13(17)9-18(12-4-5-12)8-11-3-2-6-14-7-11/h10-12,14H,2-9H2,1H3. The highest BCUT2D eigenvalue weighted by atomic mass is 15.3. The minimum absolute atomic E-state index is 0.795. The maximum atomic E-state index is 4.21. The predicted molar refractivity (Wildman–Crippen MR) is 70.0 cm³/mol. The molecule has 1 saturated heterocycles. The van der Waals surface area contributed by atoms with Gasteiger partial charge in [-0.1, -0.05) is 0 Å². The molecule has 1 aliphatic carbocycles. The van der Waals surface area contributed by atoms with Gasteiger partial charge in [-0.3, -0.25) is 4.90 Å². The summed E-state index contributed by atoms with van der Waals surface area (Å²) in [7, 11) is 2.03. The zero-order valence-electron chi connectivity index (χ0n) is 11.2. The van der Waals surface area contributed by atoms with Crippen LogP contribution in [0.3, 0.4) is 0 Å². The molecule has 1 N–H and O–H groups in total. The van der Waals surface area contributed by atoms with Gasteiger partial charge in [-0.15, -0.1) is 10.2 Å². The molecular formula is C13H23N5. The molecule has 1 aromatic rings. The molecule has 2 heterocycles. The van der Waals surface area contributed by atoms with E-state index >= 15 is 0 Å². The van der Waals surface area contributed by atoms with Crippen molar-refractivity contribution in [3.8, 4) is 0 Å². The Labute approximate surface area is 109 Å². The summed E-state index contributed by atoms with van der Waals surface area (Å²) in [5, 5.41) is 11.7. The normalized spacial score (nSPS) is 24.7. The van der Waals surface area contributed by atoms with Gasteiger partial charge in [-0.2, -0.15) is 0 Å². The summed E-state index contributed by atoms with van der Waals surface area (Å²) < 4.78 is 2.04. The average Bonchev–Trinajstić information content (AvgIpc) is 3.16. The van der Waals surface area contributed by atoms with Crippen LogP contribution in [0, 0.1) is 5.92 Å². The van der Waals surface area contributed by atoms with Gasteiger partial charge >= 0.3 is 0 Å². The van der Waals surface area contributed by atoms with E-state index < -0.39 is 0 Å². The highest BCUT2D eigenvalue weighted by Crippen LogP contribution is 2.29. The lowest BCUT2D eigenvalue weighted by Crippen LogP contribution is -2.39. The molecule has 1 atom stereocenters. The second kappa shape index (κ2) is 5.36. The Kier molecular flexibility index (Phi) is 3.61. The first-order valence-electron chi connectivity index (χ1n) is 7.10. The number of hydrogen-bond acceptors (Lipinski definition) is 4. The Morgan fingerprint density at radius 3 is 2.94 bits per heavy atom. The van der Waals surface area contributed by atoms with Crippen LogP contribution in [-0.2, 0) is 13.6 Å². The van der Waals surface area contributed by atoms with E-state index in [-0.39, 0.29) is 0 Å². The fourth-order valence-electron chi connectivity index (χ4n) is 2.83. The van der Waals surface area contributed by atoms with Gasteiger partial charge in [0.15, 0.2) is 0 Å². The number of nitrogens with one attached hydrogen (secondary N) is 1. The first kappa shape index (κ1) is 12.1. The molecule has 2 fully saturated rings. The van der Waals surface area contributed by atoms with Crippen LogP contribution >= 0.6 is 0 Å². The van der Waals surface area contributed by atoms with Crippen LogP contribution in [0.4, 0.5) is 0 Å². The topological polar surface area (TPSA) is 46.0 Å². The smallest absolute Gasteiger partial charge is 0.146 e. The fraction of sp³-hybridized carbons (Fsp3) is 0.846. The molecule has 3 rings (SSSR count). The largest absolute Gasteiger partial charge is 0.320 e. The number of rotatable bonds is 5. The van der Waals surface area contributed by atoms with E-state index in [9.17, 15) is 0 Å². The van der Waals surface area contributed by atoms with Gasteiger partial charge in [0.1, 0.15) is 12.2 Å². The Bertz CT molecular complexity index is 378. The van der Waals surface area contributed by atoms with E-state index in [4.69, 9.17) is 0 Å². The van der Waals surface area contributed by atoms with Crippen molar-refractivity contribution in [1.29, 1.82) is 0 Å². The Balaban J connectivity index is 1.59. The Morgan fingerprint density at radius 2 is 2.33 bits per heavy atom. The molecule has 0 bridgehead atoms. The van der Waals surface area contributed by atoms with Crippen molar-refractivity contribution in [2.75, 3.05) is 19.6 Å². The van der Waals surface area contributed by atoms with Crippen LogP contribution in [0.5, 0.6) is 0 Å². The monoisotopic (exact) mass is 249 g/mol. The second-order valence-corrected chi connectivity index (χ2v) is 5.73. The van der Waals surface area contributed by atoms with Crippen LogP contribution in [0.2, 0.25) is 0 Å². The third-order valence-corrected chi connectivity index (χ3v) is 4.10. The molecule has 1 aliphatic heterocycles. The molecule has 0 amide bonds. The second-order valence-electron chi connectivity index (χ2n) is 5.73. The molecule has 1 saturated carbocycles. The minimum atomic E-state index is 0.795. The number of aryl methyl sites for hydroxylation is 1. The third kappa shape index (κ3) is 2.90. The quantitative estimate of drug-likeness (QED) is 0.837. The molecule has 5 nitrogen and oxygen atoms in total. The van der Waals surface area contributed by atoms with Crippen molar-refractivity contribution in [2.45, 2.75) is 38.3 Å². The molecule has 0 radical (unpaired) electrons. The lowest BCUT2D eigenvalue weighted by atomic mass is 9.99. The van der Waals surface area contributed by atoms with Crippen LogP contribution in [0.25, 0.3) is 0 Å². The molecule has 5 heteroatoms. The van der Waals surface area contributed by atoms with E-state index in [0.29, 0.717) is 0 Å². The fourth-order valence-corrected chi connectivity index (χ4v) is 2.83. The molecule has 1 unspecified atom stereocenters. The van der Waals surface area contributed by atoms with Crippen LogP contribution in [0.1, 0.15) is 31.5 Å². The van der Waals surface area contributed by atoms with E-state index in [2.05, 4.69) is 20.4 Å². The maximum Gasteiger partial charge on any atom is 0.146 e. The van der Waals surface area contributed by atoms with E-state index in [1.807, 2.05) is 11.6 Å². The van der Waals surface area contributed by atoms with E-state index in [0.717, 1.165) is 24.3 Å². The average molecular weight is 249 g/mol. The molecule has 100 valence electrons. The van der Waals surface area contributed by atoms with Crippen LogP contribution in [0.15, 0.2) is 6.33 Å². The first-order chi connectivity index (χ1) is 8.83. The van der Waals surface area contributed by atoms with Gasteiger partial charge in [0.2, 0.25) is 0 Å². The van der Waals surface area contributed by atoms with Crippen molar-refractivity contribution in [3.05, 3.63) is 12.2 Å². The molecule has 18 heavy (non-hydrogen) atoms. The number of piperidine rings is 1. The summed E-state index contributed by atoms with van der Waals surface area (Å²) >= 11 is 0. The molecule has 2 aliphatic rings. The Morgan fingerprint density at radius 1 is 1.44 bits per heavy atom. The van der Waals surface area contributed by atoms with Gasteiger partial charge in [0.25, 0.3) is 0 Å².